The Balaban J connectivity index is 2.26. The largest absolute Gasteiger partial charge is 0.478 e. The van der Waals surface area contributed by atoms with Gasteiger partial charge in [-0.25, -0.2) is 4.79 Å². The zero-order valence-electron chi connectivity index (χ0n) is 11.7. The Kier molecular flexibility index (Phi) is 5.07. The van der Waals surface area contributed by atoms with E-state index in [0.717, 1.165) is 0 Å². The van der Waals surface area contributed by atoms with Crippen LogP contribution in [0, 0.1) is 11.3 Å². The molecule has 0 aliphatic rings. The summed E-state index contributed by atoms with van der Waals surface area (Å²) in [5.41, 5.74) is 2.46. The zero-order chi connectivity index (χ0) is 16.8. The topological polar surface area (TPSA) is 103 Å². The van der Waals surface area contributed by atoms with Crippen molar-refractivity contribution in [1.29, 1.82) is 5.26 Å². The highest BCUT2D eigenvalue weighted by Gasteiger charge is 2.15. The van der Waals surface area contributed by atoms with Gasteiger partial charge in [0, 0.05) is 10.6 Å². The molecule has 2 aromatic carbocycles. The maximum Gasteiger partial charge on any atom is 0.337 e. The fraction of sp³-hybridized carbons (Fsp3) is 0. The van der Waals surface area contributed by atoms with Crippen LogP contribution in [0.4, 0.5) is 5.69 Å². The van der Waals surface area contributed by atoms with Crippen LogP contribution >= 0.6 is 11.6 Å². The Morgan fingerprint density at radius 2 is 1.78 bits per heavy atom. The number of aromatic carboxylic acids is 1. The molecule has 6 nitrogen and oxygen atoms in total. The third-order valence-corrected chi connectivity index (χ3v) is 3.12. The summed E-state index contributed by atoms with van der Waals surface area (Å²) in [5, 5.41) is 22.3. The van der Waals surface area contributed by atoms with Crippen LogP contribution in [0.3, 0.4) is 0 Å². The second-order valence-corrected chi connectivity index (χ2v) is 4.81. The molecule has 0 saturated heterocycles. The number of nitrogens with zero attached hydrogens (tertiary/aromatic N) is 2. The third-order valence-electron chi connectivity index (χ3n) is 2.87. The van der Waals surface area contributed by atoms with E-state index in [1.165, 1.54) is 36.4 Å². The van der Waals surface area contributed by atoms with E-state index in [1.807, 2.05) is 0 Å². The van der Waals surface area contributed by atoms with Gasteiger partial charge in [0.05, 0.1) is 11.3 Å². The number of anilines is 1. The minimum absolute atomic E-state index is 0.0209. The number of benzene rings is 2. The van der Waals surface area contributed by atoms with Crippen LogP contribution in [-0.4, -0.2) is 22.6 Å². The summed E-state index contributed by atoms with van der Waals surface area (Å²) >= 11 is 5.74. The first kappa shape index (κ1) is 16.2. The fourth-order valence-electron chi connectivity index (χ4n) is 1.75. The van der Waals surface area contributed by atoms with Crippen molar-refractivity contribution in [3.8, 4) is 6.07 Å². The molecule has 0 aromatic heterocycles. The number of carboxylic acid groups (broad SMARTS) is 1. The van der Waals surface area contributed by atoms with E-state index in [-0.39, 0.29) is 16.8 Å². The van der Waals surface area contributed by atoms with Crippen molar-refractivity contribution in [3.05, 3.63) is 64.7 Å². The number of rotatable bonds is 5. The second-order valence-electron chi connectivity index (χ2n) is 4.37. The van der Waals surface area contributed by atoms with Crippen LogP contribution in [0.15, 0.2) is 53.6 Å². The molecule has 7 heteroatoms. The summed E-state index contributed by atoms with van der Waals surface area (Å²) in [7, 11) is 0. The van der Waals surface area contributed by atoms with Gasteiger partial charge in [0.15, 0.2) is 0 Å². The molecule has 2 rings (SSSR count). The lowest BCUT2D eigenvalue weighted by atomic mass is 10.1. The molecule has 0 bridgehead atoms. The molecule has 0 saturated carbocycles. The summed E-state index contributed by atoms with van der Waals surface area (Å²) in [4.78, 5) is 23.3. The highest BCUT2D eigenvalue weighted by Crippen LogP contribution is 2.15. The molecule has 0 spiro atoms. The van der Waals surface area contributed by atoms with E-state index in [4.69, 9.17) is 22.0 Å². The average molecular weight is 328 g/mol. The number of carbonyl (C=O) groups is 2. The average Bonchev–Trinajstić information content (AvgIpc) is 2.56. The van der Waals surface area contributed by atoms with Gasteiger partial charge in [-0.05, 0) is 36.4 Å². The quantitative estimate of drug-likeness (QED) is 0.498. The Hall–Kier alpha value is -3.17. The molecule has 0 fully saturated rings. The van der Waals surface area contributed by atoms with E-state index in [9.17, 15) is 9.59 Å². The van der Waals surface area contributed by atoms with Gasteiger partial charge >= 0.3 is 5.97 Å². The van der Waals surface area contributed by atoms with Crippen molar-refractivity contribution in [3.63, 3.8) is 0 Å². The number of carboxylic acids is 1. The van der Waals surface area contributed by atoms with Crippen LogP contribution in [0.25, 0.3) is 0 Å². The second kappa shape index (κ2) is 7.20. The Bertz CT molecular complexity index is 823. The molecule has 2 aromatic rings. The highest BCUT2D eigenvalue weighted by atomic mass is 35.5. The van der Waals surface area contributed by atoms with E-state index >= 15 is 0 Å². The zero-order valence-corrected chi connectivity index (χ0v) is 12.4. The third kappa shape index (κ3) is 3.93. The molecular formula is C16H10ClN3O3. The SMILES string of the molecule is N#C/C(=N\Nc1ccccc1C(=O)O)C(=O)c1ccc(Cl)cc1. The summed E-state index contributed by atoms with van der Waals surface area (Å²) in [6, 6.07) is 13.7. The molecule has 0 aliphatic carbocycles. The molecule has 114 valence electrons. The van der Waals surface area contributed by atoms with E-state index in [0.29, 0.717) is 5.02 Å². The lowest BCUT2D eigenvalue weighted by Gasteiger charge is -2.05. The number of hydrazone groups is 1. The van der Waals surface area contributed by atoms with Gasteiger partial charge in [0.2, 0.25) is 11.5 Å². The number of hydrogen-bond donors (Lipinski definition) is 2. The Morgan fingerprint density at radius 1 is 1.13 bits per heavy atom. The monoisotopic (exact) mass is 327 g/mol. The first-order valence-electron chi connectivity index (χ1n) is 6.39. The fourth-order valence-corrected chi connectivity index (χ4v) is 1.87. The molecule has 2 N–H and O–H groups in total. The molecule has 0 radical (unpaired) electrons. The first-order valence-corrected chi connectivity index (χ1v) is 6.77. The minimum atomic E-state index is -1.15. The number of nitriles is 1. The van der Waals surface area contributed by atoms with Crippen LogP contribution in [0.5, 0.6) is 0 Å². The van der Waals surface area contributed by atoms with Crippen LogP contribution in [0.2, 0.25) is 5.02 Å². The Morgan fingerprint density at radius 3 is 2.39 bits per heavy atom. The van der Waals surface area contributed by atoms with Gasteiger partial charge in [0.25, 0.3) is 0 Å². The minimum Gasteiger partial charge on any atom is -0.478 e. The molecule has 0 unspecified atom stereocenters. The van der Waals surface area contributed by atoms with Crippen molar-refractivity contribution >= 4 is 34.8 Å². The van der Waals surface area contributed by atoms with E-state index in [1.54, 1.807) is 18.2 Å². The van der Waals surface area contributed by atoms with Crippen molar-refractivity contribution in [2.75, 3.05) is 5.43 Å². The van der Waals surface area contributed by atoms with E-state index in [2.05, 4.69) is 10.5 Å². The van der Waals surface area contributed by atoms with Crippen molar-refractivity contribution in [2.45, 2.75) is 0 Å². The summed E-state index contributed by atoms with van der Waals surface area (Å²) < 4.78 is 0. The van der Waals surface area contributed by atoms with Crippen LogP contribution in [-0.2, 0) is 0 Å². The van der Waals surface area contributed by atoms with Crippen molar-refractivity contribution in [2.24, 2.45) is 5.10 Å². The number of carbonyl (C=O) groups excluding carboxylic acids is 1. The predicted octanol–water partition coefficient (Wildman–Crippen LogP) is 3.21. The van der Waals surface area contributed by atoms with Crippen LogP contribution < -0.4 is 5.43 Å². The number of para-hydroxylation sites is 1. The molecule has 0 atom stereocenters. The smallest absolute Gasteiger partial charge is 0.337 e. The maximum absolute atomic E-state index is 12.2. The molecule has 23 heavy (non-hydrogen) atoms. The lowest BCUT2D eigenvalue weighted by molar-refractivity contribution is 0.0697. The standard InChI is InChI=1S/C16H10ClN3O3/c17-11-7-5-10(6-8-11)15(21)14(9-18)20-19-13-4-2-1-3-12(13)16(22)23/h1-8,19H,(H,22,23)/b20-14+. The molecule has 0 aliphatic heterocycles. The number of nitrogens with one attached hydrogen (secondary N) is 1. The lowest BCUT2D eigenvalue weighted by Crippen LogP contribution is -2.14. The van der Waals surface area contributed by atoms with Gasteiger partial charge in [-0.1, -0.05) is 23.7 Å². The van der Waals surface area contributed by atoms with Gasteiger partial charge in [0.1, 0.15) is 6.07 Å². The number of Topliss-reactive ketones (excluding diaryl/α,β-unsaturated/α-hetero) is 1. The number of halogens is 1. The summed E-state index contributed by atoms with van der Waals surface area (Å²) in [5.74, 6) is -1.74. The summed E-state index contributed by atoms with van der Waals surface area (Å²) in [6.45, 7) is 0. The maximum atomic E-state index is 12.2. The van der Waals surface area contributed by atoms with Gasteiger partial charge in [-0.2, -0.15) is 10.4 Å². The van der Waals surface area contributed by atoms with Crippen molar-refractivity contribution in [1.82, 2.24) is 0 Å². The van der Waals surface area contributed by atoms with Gasteiger partial charge in [-0.15, -0.1) is 0 Å². The molecular weight excluding hydrogens is 318 g/mol. The number of ketones is 1. The van der Waals surface area contributed by atoms with Crippen molar-refractivity contribution < 1.29 is 14.7 Å². The number of hydrogen-bond acceptors (Lipinski definition) is 5. The molecule has 0 heterocycles. The Labute approximate surface area is 136 Å². The highest BCUT2D eigenvalue weighted by molar-refractivity contribution is 6.51. The predicted molar refractivity (Wildman–Crippen MR) is 85.9 cm³/mol. The normalized spacial score (nSPS) is 10.7. The van der Waals surface area contributed by atoms with Crippen LogP contribution in [0.1, 0.15) is 20.7 Å². The van der Waals surface area contributed by atoms with Gasteiger partial charge < -0.3 is 5.11 Å². The first-order chi connectivity index (χ1) is 11.0. The molecule has 0 amide bonds. The van der Waals surface area contributed by atoms with E-state index < -0.39 is 17.5 Å². The van der Waals surface area contributed by atoms with Gasteiger partial charge in [-0.3, -0.25) is 10.2 Å². The summed E-state index contributed by atoms with van der Waals surface area (Å²) in [6.07, 6.45) is 0.